The van der Waals surface area contributed by atoms with E-state index >= 15 is 0 Å². The van der Waals surface area contributed by atoms with E-state index in [2.05, 4.69) is 15.7 Å². The highest BCUT2D eigenvalue weighted by atomic mass is 35.5. The summed E-state index contributed by atoms with van der Waals surface area (Å²) in [5.74, 6) is 1.46. The van der Waals surface area contributed by atoms with Crippen molar-refractivity contribution in [3.63, 3.8) is 0 Å². The second-order valence-corrected chi connectivity index (χ2v) is 8.05. The Labute approximate surface area is 185 Å². The van der Waals surface area contributed by atoms with Crippen molar-refractivity contribution in [1.29, 1.82) is 0 Å². The van der Waals surface area contributed by atoms with Gasteiger partial charge in [-0.15, -0.1) is 0 Å². The van der Waals surface area contributed by atoms with Crippen molar-refractivity contribution in [2.45, 2.75) is 24.6 Å². The number of hydrogen-bond acceptors (Lipinski definition) is 7. The fourth-order valence-corrected chi connectivity index (χ4v) is 4.31. The summed E-state index contributed by atoms with van der Waals surface area (Å²) in [7, 11) is 0. The van der Waals surface area contributed by atoms with Gasteiger partial charge in [-0.05, 0) is 24.3 Å². The Morgan fingerprint density at radius 2 is 2.16 bits per heavy atom. The van der Waals surface area contributed by atoms with Crippen molar-refractivity contribution < 1.29 is 18.9 Å². The lowest BCUT2D eigenvalue weighted by Gasteiger charge is -2.11. The van der Waals surface area contributed by atoms with Gasteiger partial charge in [0.1, 0.15) is 23.1 Å². The number of nitrogens with zero attached hydrogens (tertiary/aromatic N) is 3. The maximum absolute atomic E-state index is 12.8. The molecule has 160 valence electrons. The quantitative estimate of drug-likeness (QED) is 0.407. The first-order chi connectivity index (χ1) is 14.9. The number of thioether (sulfide) groups is 1. The molecule has 3 heterocycles. The fraction of sp³-hybridized carbons (Fsp3) is 0.211. The molecule has 0 spiro atoms. The van der Waals surface area contributed by atoms with Crippen LogP contribution >= 0.6 is 23.4 Å². The molecule has 0 radical (unpaired) electrons. The molecule has 31 heavy (non-hydrogen) atoms. The molecule has 0 saturated carbocycles. The largest absolute Gasteiger partial charge is 0.467 e. The number of aromatic nitrogens is 2. The third-order valence-corrected chi connectivity index (χ3v) is 5.88. The average molecular weight is 462 g/mol. The van der Waals surface area contributed by atoms with Crippen LogP contribution in [-0.4, -0.2) is 26.5 Å². The maximum atomic E-state index is 12.8. The number of furan rings is 1. The van der Waals surface area contributed by atoms with Crippen molar-refractivity contribution in [1.82, 2.24) is 15.1 Å². The monoisotopic (exact) mass is 461 g/mol. The summed E-state index contributed by atoms with van der Waals surface area (Å²) >= 11 is 7.47. The van der Waals surface area contributed by atoms with Crippen LogP contribution < -0.4 is 10.6 Å². The number of benzene rings is 1. The van der Waals surface area contributed by atoms with Gasteiger partial charge >= 0.3 is 0 Å². The zero-order valence-corrected chi connectivity index (χ0v) is 17.5. The van der Waals surface area contributed by atoms with Crippen molar-refractivity contribution in [2.24, 2.45) is 0 Å². The predicted molar refractivity (Wildman–Crippen MR) is 114 cm³/mol. The van der Waals surface area contributed by atoms with Crippen LogP contribution in [0.5, 0.6) is 0 Å². The first-order valence-corrected chi connectivity index (χ1v) is 10.7. The van der Waals surface area contributed by atoms with Crippen LogP contribution in [0.15, 0.2) is 41.0 Å². The molecule has 1 aliphatic rings. The number of halogens is 1. The van der Waals surface area contributed by atoms with Gasteiger partial charge in [0.05, 0.1) is 23.4 Å². The van der Waals surface area contributed by atoms with E-state index in [1.165, 1.54) is 23.1 Å². The molecule has 0 aliphatic carbocycles. The van der Waals surface area contributed by atoms with E-state index < -0.39 is 10.8 Å². The molecule has 0 bridgehead atoms. The van der Waals surface area contributed by atoms with Crippen LogP contribution in [0.2, 0.25) is 5.02 Å². The Hall–Kier alpha value is -3.31. The minimum absolute atomic E-state index is 0.0582. The van der Waals surface area contributed by atoms with Crippen molar-refractivity contribution in [2.75, 3.05) is 5.32 Å². The maximum Gasteiger partial charge on any atom is 0.288 e. The van der Waals surface area contributed by atoms with Crippen LogP contribution in [-0.2, 0) is 29.4 Å². The molecule has 0 fully saturated rings. The van der Waals surface area contributed by atoms with Gasteiger partial charge in [0.15, 0.2) is 0 Å². The number of amides is 2. The zero-order chi connectivity index (χ0) is 22.0. The predicted octanol–water partition coefficient (Wildman–Crippen LogP) is 3.35. The number of nitro benzene ring substituents is 1. The molecular weight excluding hydrogens is 446 g/mol. The van der Waals surface area contributed by atoms with Gasteiger partial charge in [-0.1, -0.05) is 11.6 Å². The van der Waals surface area contributed by atoms with E-state index in [4.69, 9.17) is 16.0 Å². The lowest BCUT2D eigenvalue weighted by atomic mass is 10.2. The summed E-state index contributed by atoms with van der Waals surface area (Å²) in [6, 6.07) is 7.29. The number of rotatable bonds is 7. The minimum atomic E-state index is -0.652. The highest BCUT2D eigenvalue weighted by molar-refractivity contribution is 7.98. The minimum Gasteiger partial charge on any atom is -0.467 e. The molecule has 0 saturated heterocycles. The number of fused-ring (bicyclic) bond motifs is 1. The SMILES string of the molecule is O=C(Cn1nc2c(c1NC(=O)c1ccc(Cl)c([N+](=O)[O-])c1)CSC2)NCc1ccco1. The van der Waals surface area contributed by atoms with Crippen LogP contribution in [0.4, 0.5) is 11.5 Å². The molecular formula is C19H16ClN5O5S. The number of nitro groups is 1. The number of hydrogen-bond donors (Lipinski definition) is 2. The van der Waals surface area contributed by atoms with Gasteiger partial charge in [-0.2, -0.15) is 16.9 Å². The molecule has 0 unspecified atom stereocenters. The van der Waals surface area contributed by atoms with Gasteiger partial charge in [0.2, 0.25) is 5.91 Å². The van der Waals surface area contributed by atoms with Crippen LogP contribution in [0.1, 0.15) is 27.4 Å². The Kier molecular flexibility index (Phi) is 5.96. The van der Waals surface area contributed by atoms with Crippen molar-refractivity contribution in [3.8, 4) is 0 Å². The van der Waals surface area contributed by atoms with Crippen LogP contribution in [0, 0.1) is 10.1 Å². The van der Waals surface area contributed by atoms with Crippen LogP contribution in [0.25, 0.3) is 0 Å². The molecule has 4 rings (SSSR count). The second kappa shape index (κ2) is 8.82. The number of nitrogens with one attached hydrogen (secondary N) is 2. The molecule has 10 nitrogen and oxygen atoms in total. The van der Waals surface area contributed by atoms with E-state index in [0.717, 1.165) is 17.3 Å². The van der Waals surface area contributed by atoms with E-state index in [1.54, 1.807) is 23.9 Å². The van der Waals surface area contributed by atoms with Crippen molar-refractivity contribution in [3.05, 3.63) is 74.3 Å². The molecule has 2 aromatic heterocycles. The van der Waals surface area contributed by atoms with E-state index in [0.29, 0.717) is 23.1 Å². The summed E-state index contributed by atoms with van der Waals surface area (Å²) in [6.07, 6.45) is 1.52. The second-order valence-electron chi connectivity index (χ2n) is 6.66. The highest BCUT2D eigenvalue weighted by Gasteiger charge is 2.26. The third-order valence-electron chi connectivity index (χ3n) is 4.59. The first kappa shape index (κ1) is 20.9. The van der Waals surface area contributed by atoms with E-state index in [9.17, 15) is 19.7 Å². The topological polar surface area (TPSA) is 132 Å². The van der Waals surface area contributed by atoms with E-state index in [-0.39, 0.29) is 35.3 Å². The smallest absolute Gasteiger partial charge is 0.288 e. The number of carbonyl (C=O) groups excluding carboxylic acids is 2. The third kappa shape index (κ3) is 4.57. The van der Waals surface area contributed by atoms with E-state index in [1.807, 2.05) is 0 Å². The molecule has 1 aliphatic heterocycles. The van der Waals surface area contributed by atoms with Crippen LogP contribution in [0.3, 0.4) is 0 Å². The van der Waals surface area contributed by atoms with Crippen molar-refractivity contribution >= 4 is 46.7 Å². The van der Waals surface area contributed by atoms with Gasteiger partial charge < -0.3 is 15.1 Å². The normalized spacial score (nSPS) is 12.4. The summed E-state index contributed by atoms with van der Waals surface area (Å²) in [5, 5.41) is 21.0. The Bertz CT molecular complexity index is 1160. The highest BCUT2D eigenvalue weighted by Crippen LogP contribution is 2.35. The Balaban J connectivity index is 1.52. The van der Waals surface area contributed by atoms with Gasteiger partial charge in [-0.25, -0.2) is 4.68 Å². The Morgan fingerprint density at radius 3 is 2.90 bits per heavy atom. The lowest BCUT2D eigenvalue weighted by molar-refractivity contribution is -0.384. The Morgan fingerprint density at radius 1 is 1.32 bits per heavy atom. The standard InChI is InChI=1S/C19H16ClN5O5S/c20-14-4-3-11(6-16(14)25(28)29)19(27)22-18-13-9-31-10-15(13)23-24(18)8-17(26)21-7-12-2-1-5-30-12/h1-6H,7-10H2,(H,21,26)(H,22,27). The molecule has 0 atom stereocenters. The summed E-state index contributed by atoms with van der Waals surface area (Å²) < 4.78 is 6.62. The van der Waals surface area contributed by atoms with Gasteiger partial charge in [0.25, 0.3) is 11.6 Å². The summed E-state index contributed by atoms with van der Waals surface area (Å²) in [5.41, 5.74) is 1.34. The molecule has 2 amide bonds. The molecule has 1 aromatic carbocycles. The summed E-state index contributed by atoms with van der Waals surface area (Å²) in [4.78, 5) is 35.6. The number of carbonyl (C=O) groups is 2. The first-order valence-electron chi connectivity index (χ1n) is 9.13. The molecule has 12 heteroatoms. The molecule has 2 N–H and O–H groups in total. The average Bonchev–Trinajstić information content (AvgIpc) is 3.46. The van der Waals surface area contributed by atoms with Gasteiger partial charge in [0, 0.05) is 28.7 Å². The summed E-state index contributed by atoms with van der Waals surface area (Å²) in [6.45, 7) is 0.132. The molecule has 3 aromatic rings. The zero-order valence-electron chi connectivity index (χ0n) is 16.0. The lowest BCUT2D eigenvalue weighted by Crippen LogP contribution is -2.28. The van der Waals surface area contributed by atoms with Gasteiger partial charge in [-0.3, -0.25) is 19.7 Å². The fourth-order valence-electron chi connectivity index (χ4n) is 3.08. The number of anilines is 1.